The molecule has 0 amide bonds. The minimum atomic E-state index is -0.824. The summed E-state index contributed by atoms with van der Waals surface area (Å²) in [4.78, 5) is 16.6. The van der Waals surface area contributed by atoms with Gasteiger partial charge in [0.15, 0.2) is 22.9 Å². The monoisotopic (exact) mass is 1120 g/mol. The molecular formula is C79H84N4O2. The van der Waals surface area contributed by atoms with Gasteiger partial charge in [-0.25, -0.2) is 9.97 Å². The number of fused-ring (bicyclic) bond motifs is 14. The number of hydrogen-bond acceptors (Lipinski definition) is 6. The molecule has 8 aromatic carbocycles. The van der Waals surface area contributed by atoms with Crippen LogP contribution < -0.4 is 9.80 Å². The fourth-order valence-corrected chi connectivity index (χ4v) is 14.9. The van der Waals surface area contributed by atoms with E-state index in [0.717, 1.165) is 105 Å². The minimum Gasteiger partial charge on any atom is -0.440 e. The molecule has 0 unspecified atom stereocenters. The zero-order valence-corrected chi connectivity index (χ0v) is 52.3. The van der Waals surface area contributed by atoms with E-state index in [-0.39, 0.29) is 33.5 Å². The Hall–Kier alpha value is -7.70. The maximum atomic E-state index is 7.73. The van der Waals surface area contributed by atoms with Crippen molar-refractivity contribution in [2.24, 2.45) is 0 Å². The van der Waals surface area contributed by atoms with E-state index in [1.807, 2.05) is 0 Å². The molecule has 0 N–H and O–H groups in total. The number of hydrogen-bond donors (Lipinski definition) is 0. The summed E-state index contributed by atoms with van der Waals surface area (Å²) in [5, 5.41) is 0. The van der Waals surface area contributed by atoms with Crippen molar-refractivity contribution < 1.29 is 8.83 Å². The Labute approximate surface area is 504 Å². The van der Waals surface area contributed by atoms with Crippen molar-refractivity contribution in [3.8, 4) is 22.3 Å². The van der Waals surface area contributed by atoms with Gasteiger partial charge in [-0.05, 0) is 164 Å². The van der Waals surface area contributed by atoms with Crippen LogP contribution in [0.1, 0.15) is 215 Å². The van der Waals surface area contributed by atoms with Gasteiger partial charge in [0.05, 0.1) is 16.8 Å². The summed E-state index contributed by atoms with van der Waals surface area (Å²) in [5.74, 6) is 2.10. The van der Waals surface area contributed by atoms with E-state index < -0.39 is 5.41 Å². The second-order valence-corrected chi connectivity index (χ2v) is 29.5. The lowest BCUT2D eigenvalue weighted by atomic mass is 9.70. The van der Waals surface area contributed by atoms with Crippen molar-refractivity contribution in [2.75, 3.05) is 9.80 Å². The average molecular weight is 1120 g/mol. The van der Waals surface area contributed by atoms with Crippen molar-refractivity contribution >= 4 is 56.3 Å². The van der Waals surface area contributed by atoms with Crippen LogP contribution in [0.15, 0.2) is 167 Å². The van der Waals surface area contributed by atoms with E-state index in [0.29, 0.717) is 0 Å². The third-order valence-electron chi connectivity index (χ3n) is 19.7. The highest BCUT2D eigenvalue weighted by molar-refractivity contribution is 6.15. The Balaban J connectivity index is 1.14. The van der Waals surface area contributed by atoms with E-state index in [4.69, 9.17) is 18.8 Å². The van der Waals surface area contributed by atoms with Crippen LogP contribution in [0.2, 0.25) is 0 Å². The molecule has 432 valence electrons. The molecule has 2 saturated carbocycles. The summed E-state index contributed by atoms with van der Waals surface area (Å²) in [6, 6.07) is 60.5. The van der Waals surface area contributed by atoms with Crippen LogP contribution in [0, 0.1) is 0 Å². The molecule has 1 spiro atoms. The lowest BCUT2D eigenvalue weighted by Crippen LogP contribution is -2.26. The normalized spacial score (nSPS) is 16.2. The van der Waals surface area contributed by atoms with Crippen molar-refractivity contribution in [3.63, 3.8) is 0 Å². The molecule has 0 aliphatic heterocycles. The largest absolute Gasteiger partial charge is 0.440 e. The Morgan fingerprint density at radius 1 is 0.365 bits per heavy atom. The number of aromatic nitrogens is 2. The molecule has 6 nitrogen and oxygen atoms in total. The van der Waals surface area contributed by atoms with Crippen molar-refractivity contribution in [3.05, 3.63) is 214 Å². The SMILES string of the molecule is CC(C)(C)c1ccc(N(c2ccc(C(C)(C)C)cc2)c2cc3c(c4oc(C5CCCCC5)nc24)-c2c(cc(N(c4ccc(C(C)(C)C)cc4)c4ccc(C(C)(C)C)cc4)c4nc(C5CCCCC5)oc24)C32c3ccccc3-c3ccccc32)cc1. The van der Waals surface area contributed by atoms with Gasteiger partial charge in [0, 0.05) is 45.7 Å². The number of oxazole rings is 2. The van der Waals surface area contributed by atoms with Crippen LogP contribution >= 0.6 is 0 Å². The van der Waals surface area contributed by atoms with E-state index in [2.05, 4.69) is 251 Å². The Morgan fingerprint density at radius 2 is 0.659 bits per heavy atom. The van der Waals surface area contributed by atoms with Crippen LogP contribution in [0.3, 0.4) is 0 Å². The maximum absolute atomic E-state index is 7.73. The minimum absolute atomic E-state index is 0.0237. The molecule has 0 bridgehead atoms. The Bertz CT molecular complexity index is 3770. The highest BCUT2D eigenvalue weighted by atomic mass is 16.4. The van der Waals surface area contributed by atoms with Gasteiger partial charge in [-0.15, -0.1) is 0 Å². The molecule has 2 heterocycles. The summed E-state index contributed by atoms with van der Waals surface area (Å²) < 4.78 is 15.5. The summed E-state index contributed by atoms with van der Waals surface area (Å²) in [5.41, 5.74) is 23.3. The molecule has 4 aliphatic rings. The summed E-state index contributed by atoms with van der Waals surface area (Å²) in [6.07, 6.45) is 11.4. The fourth-order valence-electron chi connectivity index (χ4n) is 14.9. The molecule has 0 atom stereocenters. The smallest absolute Gasteiger partial charge is 0.198 e. The number of nitrogens with zero attached hydrogens (tertiary/aromatic N) is 4. The van der Waals surface area contributed by atoms with E-state index >= 15 is 0 Å². The first-order valence-electron chi connectivity index (χ1n) is 31.9. The summed E-state index contributed by atoms with van der Waals surface area (Å²) in [6.45, 7) is 27.6. The van der Waals surface area contributed by atoms with E-state index in [1.54, 1.807) is 0 Å². The third-order valence-corrected chi connectivity index (χ3v) is 19.7. The topological polar surface area (TPSA) is 58.5 Å². The van der Waals surface area contributed by atoms with Crippen molar-refractivity contribution in [1.82, 2.24) is 9.97 Å². The summed E-state index contributed by atoms with van der Waals surface area (Å²) in [7, 11) is 0. The van der Waals surface area contributed by atoms with Gasteiger partial charge in [-0.3, -0.25) is 0 Å². The highest BCUT2D eigenvalue weighted by Gasteiger charge is 2.55. The molecule has 4 aliphatic carbocycles. The number of benzene rings is 8. The van der Waals surface area contributed by atoms with Gasteiger partial charge in [0.2, 0.25) is 0 Å². The molecular weight excluding hydrogens is 1040 g/mol. The fraction of sp³-hybridized carbons (Fsp3) is 0.367. The standard InChI is InChI=1S/C79H84N4O2/c1-75(2,3)51-31-39-55(40-32-51)82(56-41-33-52(34-42-56)76(4,5)6)65-47-63-67(71-69(65)80-73(84-71)49-23-15-13-16-24-49)68-64(79(63)61-29-21-19-27-59(61)60-28-20-22-30-62(60)79)48-66(70-72(68)85-74(81-70)50-25-17-14-18-26-50)83(57-43-35-53(36-44-57)77(7,8)9)58-45-37-54(38-46-58)78(10,11)12/h19-22,27-50H,13-18,23-26H2,1-12H3. The van der Waals surface area contributed by atoms with Crippen LogP contribution in [0.5, 0.6) is 0 Å². The van der Waals surface area contributed by atoms with Gasteiger partial charge in [0.25, 0.3) is 0 Å². The molecule has 10 aromatic rings. The first kappa shape index (κ1) is 55.2. The average Bonchev–Trinajstić information content (AvgIpc) is 1.50. The third kappa shape index (κ3) is 9.17. The molecule has 85 heavy (non-hydrogen) atoms. The van der Waals surface area contributed by atoms with Gasteiger partial charge < -0.3 is 18.6 Å². The second-order valence-electron chi connectivity index (χ2n) is 29.5. The lowest BCUT2D eigenvalue weighted by Gasteiger charge is -2.33. The summed E-state index contributed by atoms with van der Waals surface area (Å²) >= 11 is 0. The van der Waals surface area contributed by atoms with Crippen LogP contribution in [0.4, 0.5) is 34.1 Å². The molecule has 14 rings (SSSR count). The van der Waals surface area contributed by atoms with Crippen LogP contribution in [0.25, 0.3) is 44.5 Å². The molecule has 0 saturated heterocycles. The highest BCUT2D eigenvalue weighted by Crippen LogP contribution is 2.67. The Kier molecular flexibility index (Phi) is 13.1. The zero-order chi connectivity index (χ0) is 59.0. The lowest BCUT2D eigenvalue weighted by molar-refractivity contribution is 0.373. The Morgan fingerprint density at radius 3 is 0.953 bits per heavy atom. The predicted octanol–water partition coefficient (Wildman–Crippen LogP) is 22.5. The first-order valence-corrected chi connectivity index (χ1v) is 31.9. The second kappa shape index (κ2) is 20.2. The molecule has 2 fully saturated rings. The van der Waals surface area contributed by atoms with Gasteiger partial charge in [0.1, 0.15) is 11.0 Å². The predicted molar refractivity (Wildman–Crippen MR) is 354 cm³/mol. The van der Waals surface area contributed by atoms with Crippen molar-refractivity contribution in [2.45, 2.75) is 186 Å². The van der Waals surface area contributed by atoms with Crippen LogP contribution in [-0.4, -0.2) is 9.97 Å². The van der Waals surface area contributed by atoms with Crippen LogP contribution in [-0.2, 0) is 27.1 Å². The maximum Gasteiger partial charge on any atom is 0.198 e. The van der Waals surface area contributed by atoms with Gasteiger partial charge in [-0.2, -0.15) is 0 Å². The number of rotatable bonds is 8. The van der Waals surface area contributed by atoms with E-state index in [9.17, 15) is 0 Å². The van der Waals surface area contributed by atoms with Gasteiger partial charge in [-0.1, -0.05) is 219 Å². The quantitative estimate of drug-likeness (QED) is 0.151. The van der Waals surface area contributed by atoms with Crippen molar-refractivity contribution in [1.29, 1.82) is 0 Å². The molecule has 6 heteroatoms. The first-order chi connectivity index (χ1) is 40.7. The molecule has 2 aromatic heterocycles. The van der Waals surface area contributed by atoms with Gasteiger partial charge >= 0.3 is 0 Å². The molecule has 0 radical (unpaired) electrons. The van der Waals surface area contributed by atoms with E-state index in [1.165, 1.54) is 94.2 Å². The zero-order valence-electron chi connectivity index (χ0n) is 52.3. The number of anilines is 6.